The first kappa shape index (κ1) is 18.0. The van der Waals surface area contributed by atoms with Crippen LogP contribution in [0, 0.1) is 35.3 Å². The van der Waals surface area contributed by atoms with E-state index in [0.29, 0.717) is 28.1 Å². The lowest BCUT2D eigenvalue weighted by atomic mass is 10.1. The van der Waals surface area contributed by atoms with Crippen molar-refractivity contribution in [3.8, 4) is 6.07 Å². The minimum Gasteiger partial charge on any atom is -0.380 e. The number of methoxy groups -OCH3 is 1. The topological polar surface area (TPSA) is 113 Å². The van der Waals surface area contributed by atoms with Crippen LogP contribution in [-0.2, 0) is 11.3 Å². The second kappa shape index (κ2) is 7.99. The Morgan fingerprint density at radius 3 is 2.84 bits per heavy atom. The summed E-state index contributed by atoms with van der Waals surface area (Å²) in [4.78, 5) is 14.8. The highest BCUT2D eigenvalue weighted by atomic mass is 16.6. The number of nitrogens with zero attached hydrogens (tertiary/aromatic N) is 4. The van der Waals surface area contributed by atoms with E-state index in [1.807, 2.05) is 0 Å². The molecule has 0 aliphatic heterocycles. The molecular formula is C17H17N5O3. The van der Waals surface area contributed by atoms with Crippen molar-refractivity contribution >= 4 is 17.7 Å². The van der Waals surface area contributed by atoms with Crippen molar-refractivity contribution in [3.63, 3.8) is 0 Å². The van der Waals surface area contributed by atoms with Crippen molar-refractivity contribution in [1.82, 2.24) is 4.98 Å². The van der Waals surface area contributed by atoms with E-state index in [0.717, 1.165) is 5.69 Å². The fourth-order valence-electron chi connectivity index (χ4n) is 2.29. The standard InChI is InChI=1S/C17H17N5O3/c1-11-4-5-13(7-16(11)22(23)24)9-19-21-17-15(8-18)14(10-25-3)6-12(2)20-17/h4-7,9H,10H2,1-3H3,(H,20,21)/b19-9+. The highest BCUT2D eigenvalue weighted by Gasteiger charge is 2.12. The van der Waals surface area contributed by atoms with E-state index < -0.39 is 4.92 Å². The first-order chi connectivity index (χ1) is 12.0. The van der Waals surface area contributed by atoms with E-state index >= 15 is 0 Å². The van der Waals surface area contributed by atoms with Gasteiger partial charge in [-0.05, 0) is 19.9 Å². The zero-order chi connectivity index (χ0) is 18.4. The summed E-state index contributed by atoms with van der Waals surface area (Å²) >= 11 is 0. The number of rotatable bonds is 6. The Bertz CT molecular complexity index is 871. The molecule has 2 aromatic rings. The Kier molecular flexibility index (Phi) is 5.76. The molecule has 128 valence electrons. The van der Waals surface area contributed by atoms with Crippen molar-refractivity contribution in [1.29, 1.82) is 5.26 Å². The fourth-order valence-corrected chi connectivity index (χ4v) is 2.29. The number of pyridine rings is 1. The Hall–Kier alpha value is -3.31. The lowest BCUT2D eigenvalue weighted by molar-refractivity contribution is -0.385. The molecule has 0 atom stereocenters. The molecule has 0 aliphatic rings. The number of nitro groups is 1. The molecular weight excluding hydrogens is 322 g/mol. The van der Waals surface area contributed by atoms with Crippen LogP contribution < -0.4 is 5.43 Å². The molecule has 0 amide bonds. The first-order valence-corrected chi connectivity index (χ1v) is 7.40. The average Bonchev–Trinajstić information content (AvgIpc) is 2.56. The Labute approximate surface area is 144 Å². The Balaban J connectivity index is 2.27. The van der Waals surface area contributed by atoms with Gasteiger partial charge in [0.25, 0.3) is 5.69 Å². The molecule has 0 saturated carbocycles. The second-order valence-corrected chi connectivity index (χ2v) is 5.36. The van der Waals surface area contributed by atoms with Crippen molar-refractivity contribution in [3.05, 3.63) is 62.3 Å². The van der Waals surface area contributed by atoms with Gasteiger partial charge >= 0.3 is 0 Å². The zero-order valence-electron chi connectivity index (χ0n) is 14.1. The first-order valence-electron chi connectivity index (χ1n) is 7.40. The number of aryl methyl sites for hydroxylation is 2. The maximum absolute atomic E-state index is 11.0. The molecule has 1 aromatic carbocycles. The van der Waals surface area contributed by atoms with Gasteiger partial charge < -0.3 is 4.74 Å². The van der Waals surface area contributed by atoms with Crippen LogP contribution in [0.3, 0.4) is 0 Å². The summed E-state index contributed by atoms with van der Waals surface area (Å²) in [7, 11) is 1.55. The van der Waals surface area contributed by atoms with Crippen LogP contribution in [0.5, 0.6) is 0 Å². The number of benzene rings is 1. The van der Waals surface area contributed by atoms with E-state index in [4.69, 9.17) is 4.74 Å². The SMILES string of the molecule is COCc1cc(C)nc(N/N=C/c2ccc(C)c([N+](=O)[O-])c2)c1C#N. The largest absolute Gasteiger partial charge is 0.380 e. The number of nitro benzene ring substituents is 1. The lowest BCUT2D eigenvalue weighted by Crippen LogP contribution is -2.03. The zero-order valence-corrected chi connectivity index (χ0v) is 14.1. The number of hydrazone groups is 1. The summed E-state index contributed by atoms with van der Waals surface area (Å²) in [5.41, 5.74) is 5.66. The smallest absolute Gasteiger partial charge is 0.272 e. The minimum absolute atomic E-state index is 0.0257. The summed E-state index contributed by atoms with van der Waals surface area (Å²) < 4.78 is 5.09. The highest BCUT2D eigenvalue weighted by Crippen LogP contribution is 2.20. The van der Waals surface area contributed by atoms with Crippen molar-refractivity contribution in [2.75, 3.05) is 12.5 Å². The fraction of sp³-hybridized carbons (Fsp3) is 0.235. The maximum Gasteiger partial charge on any atom is 0.272 e. The number of nitrogens with one attached hydrogen (secondary N) is 1. The third-order valence-electron chi connectivity index (χ3n) is 3.45. The number of nitriles is 1. The molecule has 0 bridgehead atoms. The van der Waals surface area contributed by atoms with E-state index in [-0.39, 0.29) is 12.3 Å². The molecule has 1 aromatic heterocycles. The Morgan fingerprint density at radius 2 is 2.20 bits per heavy atom. The molecule has 0 saturated heterocycles. The normalized spacial score (nSPS) is 10.6. The molecule has 0 unspecified atom stereocenters. The molecule has 25 heavy (non-hydrogen) atoms. The van der Waals surface area contributed by atoms with E-state index in [2.05, 4.69) is 21.6 Å². The van der Waals surface area contributed by atoms with Gasteiger partial charge in [0.05, 0.1) is 17.7 Å². The van der Waals surface area contributed by atoms with Gasteiger partial charge in [0.15, 0.2) is 5.82 Å². The van der Waals surface area contributed by atoms with Gasteiger partial charge in [-0.15, -0.1) is 0 Å². The van der Waals surface area contributed by atoms with Crippen molar-refractivity contribution < 1.29 is 9.66 Å². The molecule has 8 nitrogen and oxygen atoms in total. The summed E-state index contributed by atoms with van der Waals surface area (Å²) in [5.74, 6) is 0.312. The van der Waals surface area contributed by atoms with E-state index in [1.165, 1.54) is 12.3 Å². The van der Waals surface area contributed by atoms with Gasteiger partial charge in [-0.3, -0.25) is 15.5 Å². The Morgan fingerprint density at radius 1 is 1.44 bits per heavy atom. The van der Waals surface area contributed by atoms with Crippen LogP contribution in [-0.4, -0.2) is 23.2 Å². The molecule has 1 N–H and O–H groups in total. The molecule has 0 aliphatic carbocycles. The minimum atomic E-state index is -0.437. The highest BCUT2D eigenvalue weighted by molar-refractivity contribution is 5.81. The lowest BCUT2D eigenvalue weighted by Gasteiger charge is -2.09. The summed E-state index contributed by atoms with van der Waals surface area (Å²) in [6.07, 6.45) is 1.44. The quantitative estimate of drug-likeness (QED) is 0.491. The van der Waals surface area contributed by atoms with Gasteiger partial charge in [0.1, 0.15) is 11.6 Å². The van der Waals surface area contributed by atoms with Gasteiger partial charge in [-0.25, -0.2) is 4.98 Å². The molecule has 2 rings (SSSR count). The monoisotopic (exact) mass is 339 g/mol. The third-order valence-corrected chi connectivity index (χ3v) is 3.45. The van der Waals surface area contributed by atoms with Crippen LogP contribution in [0.4, 0.5) is 11.5 Å². The molecule has 8 heteroatoms. The van der Waals surface area contributed by atoms with Crippen LogP contribution >= 0.6 is 0 Å². The molecule has 0 fully saturated rings. The van der Waals surface area contributed by atoms with Gasteiger partial charge in [0, 0.05) is 35.6 Å². The van der Waals surface area contributed by atoms with Crippen LogP contribution in [0.2, 0.25) is 0 Å². The molecule has 0 radical (unpaired) electrons. The molecule has 0 spiro atoms. The third kappa shape index (κ3) is 4.37. The summed E-state index contributed by atoms with van der Waals surface area (Å²) in [6, 6.07) is 8.68. The summed E-state index contributed by atoms with van der Waals surface area (Å²) in [6.45, 7) is 3.76. The van der Waals surface area contributed by atoms with Crippen molar-refractivity contribution in [2.45, 2.75) is 20.5 Å². The number of hydrogen-bond donors (Lipinski definition) is 1. The van der Waals surface area contributed by atoms with E-state index in [1.54, 1.807) is 39.2 Å². The predicted octanol–water partition coefficient (Wildman–Crippen LogP) is 3.07. The van der Waals surface area contributed by atoms with Crippen molar-refractivity contribution in [2.24, 2.45) is 5.10 Å². The number of anilines is 1. The number of ether oxygens (including phenoxy) is 1. The van der Waals surface area contributed by atoms with E-state index in [9.17, 15) is 15.4 Å². The van der Waals surface area contributed by atoms with Crippen LogP contribution in [0.1, 0.15) is 27.9 Å². The van der Waals surface area contributed by atoms with Gasteiger partial charge in [-0.1, -0.05) is 12.1 Å². The molecule has 1 heterocycles. The van der Waals surface area contributed by atoms with Crippen LogP contribution in [0.15, 0.2) is 29.4 Å². The number of hydrogen-bond acceptors (Lipinski definition) is 7. The number of aromatic nitrogens is 1. The summed E-state index contributed by atoms with van der Waals surface area (Å²) in [5, 5.41) is 24.4. The maximum atomic E-state index is 11.0. The van der Waals surface area contributed by atoms with Gasteiger partial charge in [-0.2, -0.15) is 10.4 Å². The van der Waals surface area contributed by atoms with Gasteiger partial charge in [0.2, 0.25) is 0 Å². The predicted molar refractivity (Wildman–Crippen MR) is 93.5 cm³/mol. The second-order valence-electron chi connectivity index (χ2n) is 5.36. The average molecular weight is 339 g/mol. The van der Waals surface area contributed by atoms with Crippen LogP contribution in [0.25, 0.3) is 0 Å².